The number of hydrogen-bond acceptors (Lipinski definition) is 2. The van der Waals surface area contributed by atoms with Crippen molar-refractivity contribution in [3.8, 4) is 0 Å². The van der Waals surface area contributed by atoms with Crippen LogP contribution in [0.4, 0.5) is 0 Å². The minimum absolute atomic E-state index is 0.262. The van der Waals surface area contributed by atoms with E-state index in [1.54, 1.807) is 0 Å². The molecule has 1 saturated heterocycles. The lowest BCUT2D eigenvalue weighted by Crippen LogP contribution is -2.39. The molecule has 1 aromatic carbocycles. The van der Waals surface area contributed by atoms with E-state index in [-0.39, 0.29) is 5.78 Å². The molecule has 0 aliphatic carbocycles. The van der Waals surface area contributed by atoms with Gasteiger partial charge in [0.2, 0.25) is 5.91 Å². The molecule has 1 unspecified atom stereocenters. The van der Waals surface area contributed by atoms with Gasteiger partial charge in [-0.05, 0) is 56.1 Å². The predicted octanol–water partition coefficient (Wildman–Crippen LogP) is 5.03. The number of Topliss-reactive ketones (excluding diaryl/α,β-unsaturated/α-hetero) is 1. The Hall–Kier alpha value is -1.64. The molecule has 1 aromatic rings. The first kappa shape index (κ1) is 19.7. The van der Waals surface area contributed by atoms with Crippen LogP contribution < -0.4 is 0 Å². The van der Waals surface area contributed by atoms with Gasteiger partial charge in [0.05, 0.1) is 0 Å². The molecule has 3 heteroatoms. The van der Waals surface area contributed by atoms with Crippen LogP contribution in [-0.4, -0.2) is 29.7 Å². The molecular formula is C22H33NO2. The van der Waals surface area contributed by atoms with Crippen molar-refractivity contribution in [2.24, 2.45) is 5.92 Å². The number of ketones is 1. The zero-order valence-corrected chi connectivity index (χ0v) is 15.9. The molecule has 3 nitrogen and oxygen atoms in total. The molecule has 0 radical (unpaired) electrons. The second-order valence-electron chi connectivity index (χ2n) is 7.36. The van der Waals surface area contributed by atoms with Gasteiger partial charge < -0.3 is 4.90 Å². The number of carbonyl (C=O) groups is 2. The first-order valence-electron chi connectivity index (χ1n) is 10.0. The van der Waals surface area contributed by atoms with Gasteiger partial charge in [-0.25, -0.2) is 0 Å². The van der Waals surface area contributed by atoms with Gasteiger partial charge in [-0.15, -0.1) is 0 Å². The van der Waals surface area contributed by atoms with Gasteiger partial charge in [0.15, 0.2) is 5.78 Å². The summed E-state index contributed by atoms with van der Waals surface area (Å²) in [5.74, 6) is 1.17. The summed E-state index contributed by atoms with van der Waals surface area (Å²) < 4.78 is 0. The first-order chi connectivity index (χ1) is 12.1. The summed E-state index contributed by atoms with van der Waals surface area (Å²) in [7, 11) is 0. The van der Waals surface area contributed by atoms with Crippen molar-refractivity contribution >= 4 is 11.7 Å². The molecule has 0 aromatic heterocycles. The maximum absolute atomic E-state index is 12.2. The summed E-state index contributed by atoms with van der Waals surface area (Å²) in [6.45, 7) is 6.02. The molecule has 1 amide bonds. The van der Waals surface area contributed by atoms with E-state index in [1.165, 1.54) is 12.0 Å². The molecule has 1 fully saturated rings. The van der Waals surface area contributed by atoms with Crippen LogP contribution in [0.15, 0.2) is 24.3 Å². The third kappa shape index (κ3) is 6.30. The standard InChI is InChI=1S/C22H33NO2/c1-3-5-12-21(24)20-11-6-9-18(16-20)13-14-19-10-7-15-23(17-19)22(25)8-4-2/h6,9,11,16,19H,3-5,7-8,10,12-15,17H2,1-2H3. The van der Waals surface area contributed by atoms with Crippen LogP contribution in [0.5, 0.6) is 0 Å². The SMILES string of the molecule is CCCCC(=O)c1cccc(CCC2CCCN(C(=O)CCC)C2)c1. The van der Waals surface area contributed by atoms with Crippen molar-refractivity contribution in [3.05, 3.63) is 35.4 Å². The highest BCUT2D eigenvalue weighted by molar-refractivity contribution is 5.96. The maximum atomic E-state index is 12.2. The molecule has 138 valence electrons. The highest BCUT2D eigenvalue weighted by Crippen LogP contribution is 2.23. The van der Waals surface area contributed by atoms with Crippen molar-refractivity contribution in [3.63, 3.8) is 0 Å². The van der Waals surface area contributed by atoms with Crippen LogP contribution in [0.3, 0.4) is 0 Å². The van der Waals surface area contributed by atoms with E-state index in [4.69, 9.17) is 0 Å². The number of amides is 1. The van der Waals surface area contributed by atoms with E-state index in [1.807, 2.05) is 12.1 Å². The van der Waals surface area contributed by atoms with Gasteiger partial charge in [0, 0.05) is 31.5 Å². The van der Waals surface area contributed by atoms with E-state index in [2.05, 4.69) is 30.9 Å². The fourth-order valence-electron chi connectivity index (χ4n) is 3.65. The topological polar surface area (TPSA) is 37.4 Å². The van der Waals surface area contributed by atoms with Gasteiger partial charge in [0.1, 0.15) is 0 Å². The number of benzene rings is 1. The minimum Gasteiger partial charge on any atom is -0.342 e. The minimum atomic E-state index is 0.262. The van der Waals surface area contributed by atoms with E-state index in [0.29, 0.717) is 24.7 Å². The van der Waals surface area contributed by atoms with Gasteiger partial charge in [0.25, 0.3) is 0 Å². The van der Waals surface area contributed by atoms with E-state index >= 15 is 0 Å². The van der Waals surface area contributed by atoms with Crippen molar-refractivity contribution < 1.29 is 9.59 Å². The normalized spacial score (nSPS) is 17.5. The van der Waals surface area contributed by atoms with Crippen LogP contribution in [0.1, 0.15) is 81.1 Å². The Morgan fingerprint density at radius 2 is 2.00 bits per heavy atom. The smallest absolute Gasteiger partial charge is 0.222 e. The number of unbranched alkanes of at least 4 members (excludes halogenated alkanes) is 1. The summed E-state index contributed by atoms with van der Waals surface area (Å²) in [5, 5.41) is 0. The lowest BCUT2D eigenvalue weighted by atomic mass is 9.91. The van der Waals surface area contributed by atoms with E-state index < -0.39 is 0 Å². The van der Waals surface area contributed by atoms with Gasteiger partial charge in [-0.3, -0.25) is 9.59 Å². The Labute approximate surface area is 152 Å². The number of piperidine rings is 1. The second kappa shape index (κ2) is 10.4. The lowest BCUT2D eigenvalue weighted by Gasteiger charge is -2.33. The summed E-state index contributed by atoms with van der Waals surface area (Å²) in [4.78, 5) is 26.4. The van der Waals surface area contributed by atoms with Gasteiger partial charge in [-0.1, -0.05) is 38.5 Å². The first-order valence-corrected chi connectivity index (χ1v) is 10.0. The summed E-state index contributed by atoms with van der Waals surface area (Å²) in [5.41, 5.74) is 2.11. The average Bonchev–Trinajstić information content (AvgIpc) is 2.65. The van der Waals surface area contributed by atoms with Gasteiger partial charge in [-0.2, -0.15) is 0 Å². The summed E-state index contributed by atoms with van der Waals surface area (Å²) in [6, 6.07) is 8.14. The van der Waals surface area contributed by atoms with Crippen molar-refractivity contribution in [1.29, 1.82) is 0 Å². The van der Waals surface area contributed by atoms with Crippen LogP contribution in [0.25, 0.3) is 0 Å². The highest BCUT2D eigenvalue weighted by Gasteiger charge is 2.22. The monoisotopic (exact) mass is 343 g/mol. The third-order valence-electron chi connectivity index (χ3n) is 5.18. The Bertz CT molecular complexity index is 567. The largest absolute Gasteiger partial charge is 0.342 e. The number of carbonyl (C=O) groups excluding carboxylic acids is 2. The summed E-state index contributed by atoms with van der Waals surface area (Å²) in [6.07, 6.45) is 8.70. The van der Waals surface area contributed by atoms with Crippen LogP contribution in [-0.2, 0) is 11.2 Å². The summed E-state index contributed by atoms with van der Waals surface area (Å²) >= 11 is 0. The molecule has 1 aliphatic heterocycles. The number of hydrogen-bond donors (Lipinski definition) is 0. The molecule has 25 heavy (non-hydrogen) atoms. The second-order valence-corrected chi connectivity index (χ2v) is 7.36. The molecule has 1 heterocycles. The molecule has 0 saturated carbocycles. The van der Waals surface area contributed by atoms with Crippen molar-refractivity contribution in [2.45, 2.75) is 71.6 Å². The number of aryl methyl sites for hydroxylation is 1. The van der Waals surface area contributed by atoms with Crippen LogP contribution in [0.2, 0.25) is 0 Å². The lowest BCUT2D eigenvalue weighted by molar-refractivity contribution is -0.133. The number of nitrogens with zero attached hydrogens (tertiary/aromatic N) is 1. The number of rotatable bonds is 9. The average molecular weight is 344 g/mol. The molecule has 0 N–H and O–H groups in total. The predicted molar refractivity (Wildman–Crippen MR) is 103 cm³/mol. The molecular weight excluding hydrogens is 310 g/mol. The zero-order chi connectivity index (χ0) is 18.1. The molecule has 0 spiro atoms. The van der Waals surface area contributed by atoms with E-state index in [9.17, 15) is 9.59 Å². The molecule has 0 bridgehead atoms. The molecule has 2 rings (SSSR count). The van der Waals surface area contributed by atoms with E-state index in [0.717, 1.165) is 57.2 Å². The molecule has 1 aliphatic rings. The highest BCUT2D eigenvalue weighted by atomic mass is 16.2. The van der Waals surface area contributed by atoms with Crippen molar-refractivity contribution in [2.75, 3.05) is 13.1 Å². The third-order valence-corrected chi connectivity index (χ3v) is 5.18. The molecule has 1 atom stereocenters. The zero-order valence-electron chi connectivity index (χ0n) is 15.9. The Kier molecular flexibility index (Phi) is 8.17. The Morgan fingerprint density at radius 3 is 2.76 bits per heavy atom. The maximum Gasteiger partial charge on any atom is 0.222 e. The Balaban J connectivity index is 1.86. The van der Waals surface area contributed by atoms with Crippen LogP contribution in [0, 0.1) is 5.92 Å². The van der Waals surface area contributed by atoms with Crippen molar-refractivity contribution in [1.82, 2.24) is 4.90 Å². The fraction of sp³-hybridized carbons (Fsp3) is 0.636. The van der Waals surface area contributed by atoms with Gasteiger partial charge >= 0.3 is 0 Å². The Morgan fingerprint density at radius 1 is 1.16 bits per heavy atom. The number of likely N-dealkylation sites (tertiary alicyclic amines) is 1. The fourth-order valence-corrected chi connectivity index (χ4v) is 3.65. The van der Waals surface area contributed by atoms with Crippen LogP contribution >= 0.6 is 0 Å². The quantitative estimate of drug-likeness (QED) is 0.590.